The number of sulfonamides is 1. The molecule has 6 heteroatoms. The Kier molecular flexibility index (Phi) is 4.79. The summed E-state index contributed by atoms with van der Waals surface area (Å²) >= 11 is 0. The standard InChI is InChI=1S/C13H20N2O3S/c1-2-18-12-6-3-7-13(9-12)19(16,17)15-10-11-5-4-8-14-11/h3,6-7,9,11,14-15H,2,4-5,8,10H2,1H3. The van der Waals surface area contributed by atoms with Crippen LogP contribution in [0.1, 0.15) is 19.8 Å². The summed E-state index contributed by atoms with van der Waals surface area (Å²) in [6, 6.07) is 6.81. The first kappa shape index (κ1) is 14.3. The monoisotopic (exact) mass is 284 g/mol. The topological polar surface area (TPSA) is 67.4 Å². The van der Waals surface area contributed by atoms with Crippen LogP contribution >= 0.6 is 0 Å². The van der Waals surface area contributed by atoms with Crippen molar-refractivity contribution in [2.45, 2.75) is 30.7 Å². The Hall–Kier alpha value is -1.11. The van der Waals surface area contributed by atoms with E-state index >= 15 is 0 Å². The van der Waals surface area contributed by atoms with Crippen LogP contribution in [-0.2, 0) is 10.0 Å². The molecule has 2 N–H and O–H groups in total. The molecule has 0 saturated carbocycles. The summed E-state index contributed by atoms with van der Waals surface area (Å²) in [5.74, 6) is 0.573. The molecule has 5 nitrogen and oxygen atoms in total. The predicted molar refractivity (Wildman–Crippen MR) is 73.8 cm³/mol. The van der Waals surface area contributed by atoms with E-state index in [-0.39, 0.29) is 10.9 Å². The molecule has 1 fully saturated rings. The van der Waals surface area contributed by atoms with Gasteiger partial charge in [0.1, 0.15) is 5.75 Å². The highest BCUT2D eigenvalue weighted by Crippen LogP contribution is 2.17. The molecule has 1 aliphatic rings. The highest BCUT2D eigenvalue weighted by Gasteiger charge is 2.19. The smallest absolute Gasteiger partial charge is 0.240 e. The number of ether oxygens (including phenoxy) is 1. The van der Waals surface area contributed by atoms with E-state index in [1.807, 2.05) is 6.92 Å². The maximum absolute atomic E-state index is 12.2. The van der Waals surface area contributed by atoms with Crippen LogP contribution in [0.3, 0.4) is 0 Å². The zero-order chi connectivity index (χ0) is 13.7. The predicted octanol–water partition coefficient (Wildman–Crippen LogP) is 1.12. The van der Waals surface area contributed by atoms with Crippen LogP contribution in [0.4, 0.5) is 0 Å². The van der Waals surface area contributed by atoms with Crippen molar-refractivity contribution in [3.05, 3.63) is 24.3 Å². The molecule has 1 aromatic rings. The Morgan fingerprint density at radius 2 is 2.32 bits per heavy atom. The Morgan fingerprint density at radius 3 is 3.00 bits per heavy atom. The van der Waals surface area contributed by atoms with Crippen molar-refractivity contribution >= 4 is 10.0 Å². The van der Waals surface area contributed by atoms with Gasteiger partial charge in [-0.05, 0) is 38.4 Å². The molecular weight excluding hydrogens is 264 g/mol. The molecule has 0 radical (unpaired) electrons. The normalized spacial score (nSPS) is 19.5. The minimum absolute atomic E-state index is 0.241. The molecule has 2 rings (SSSR count). The van der Waals surface area contributed by atoms with Crippen LogP contribution in [0.25, 0.3) is 0 Å². The lowest BCUT2D eigenvalue weighted by Crippen LogP contribution is -2.37. The molecule has 0 spiro atoms. The number of hydrogen-bond donors (Lipinski definition) is 2. The van der Waals surface area contributed by atoms with E-state index in [0.717, 1.165) is 19.4 Å². The third-order valence-electron chi connectivity index (χ3n) is 3.11. The summed E-state index contributed by atoms with van der Waals surface area (Å²) in [4.78, 5) is 0.247. The van der Waals surface area contributed by atoms with Gasteiger partial charge in [0.25, 0.3) is 0 Å². The Labute approximate surface area is 114 Å². The molecule has 1 unspecified atom stereocenters. The second-order valence-electron chi connectivity index (χ2n) is 4.55. The molecule has 1 aromatic carbocycles. The first-order valence-electron chi connectivity index (χ1n) is 6.58. The third-order valence-corrected chi connectivity index (χ3v) is 4.53. The van der Waals surface area contributed by atoms with Crippen molar-refractivity contribution in [1.82, 2.24) is 10.0 Å². The molecule has 1 aliphatic heterocycles. The summed E-state index contributed by atoms with van der Waals surface area (Å²) in [5, 5.41) is 3.26. The van der Waals surface area contributed by atoms with Gasteiger partial charge in [0.05, 0.1) is 11.5 Å². The lowest BCUT2D eigenvalue weighted by Gasteiger charge is -2.12. The van der Waals surface area contributed by atoms with Gasteiger partial charge in [-0.1, -0.05) is 6.07 Å². The maximum Gasteiger partial charge on any atom is 0.240 e. The highest BCUT2D eigenvalue weighted by molar-refractivity contribution is 7.89. The van der Waals surface area contributed by atoms with Gasteiger partial charge in [0, 0.05) is 18.7 Å². The van der Waals surface area contributed by atoms with Gasteiger partial charge in [-0.25, -0.2) is 13.1 Å². The van der Waals surface area contributed by atoms with Crippen molar-refractivity contribution in [3.63, 3.8) is 0 Å². The van der Waals surface area contributed by atoms with E-state index in [1.54, 1.807) is 24.3 Å². The maximum atomic E-state index is 12.2. The van der Waals surface area contributed by atoms with Crippen molar-refractivity contribution in [3.8, 4) is 5.75 Å². The molecule has 1 saturated heterocycles. The number of rotatable bonds is 6. The minimum Gasteiger partial charge on any atom is -0.494 e. The van der Waals surface area contributed by atoms with Crippen molar-refractivity contribution in [1.29, 1.82) is 0 Å². The van der Waals surface area contributed by atoms with Crippen LogP contribution < -0.4 is 14.8 Å². The van der Waals surface area contributed by atoms with Crippen molar-refractivity contribution < 1.29 is 13.2 Å². The first-order chi connectivity index (χ1) is 9.12. The average Bonchev–Trinajstić information content (AvgIpc) is 2.90. The molecule has 0 aromatic heterocycles. The fourth-order valence-electron chi connectivity index (χ4n) is 2.12. The summed E-state index contributed by atoms with van der Waals surface area (Å²) in [6.45, 7) is 3.78. The van der Waals surface area contributed by atoms with Gasteiger partial charge in [0.2, 0.25) is 10.0 Å². The summed E-state index contributed by atoms with van der Waals surface area (Å²) in [7, 11) is -3.46. The third kappa shape index (κ3) is 3.92. The number of hydrogen-bond acceptors (Lipinski definition) is 4. The van der Waals surface area contributed by atoms with Gasteiger partial charge >= 0.3 is 0 Å². The van der Waals surface area contributed by atoms with E-state index in [0.29, 0.717) is 18.9 Å². The van der Waals surface area contributed by atoms with E-state index in [9.17, 15) is 8.42 Å². The van der Waals surface area contributed by atoms with Crippen molar-refractivity contribution in [2.75, 3.05) is 19.7 Å². The average molecular weight is 284 g/mol. The molecule has 106 valence electrons. The SMILES string of the molecule is CCOc1cccc(S(=O)(=O)NCC2CCCN2)c1. The summed E-state index contributed by atoms with van der Waals surface area (Å²) < 4.78 is 32.3. The quantitative estimate of drug-likeness (QED) is 0.821. The molecule has 1 atom stereocenters. The zero-order valence-corrected chi connectivity index (χ0v) is 11.9. The van der Waals surface area contributed by atoms with E-state index in [4.69, 9.17) is 4.74 Å². The van der Waals surface area contributed by atoms with E-state index in [2.05, 4.69) is 10.0 Å². The lowest BCUT2D eigenvalue weighted by atomic mass is 10.2. The molecule has 0 aliphatic carbocycles. The molecule has 0 amide bonds. The number of nitrogens with one attached hydrogen (secondary N) is 2. The van der Waals surface area contributed by atoms with Crippen LogP contribution in [0, 0.1) is 0 Å². The van der Waals surface area contributed by atoms with Gasteiger partial charge < -0.3 is 10.1 Å². The number of benzene rings is 1. The molecular formula is C13H20N2O3S. The molecule has 1 heterocycles. The van der Waals surface area contributed by atoms with Gasteiger partial charge in [0.15, 0.2) is 0 Å². The van der Waals surface area contributed by atoms with E-state index < -0.39 is 10.0 Å². The van der Waals surface area contributed by atoms with Gasteiger partial charge in [-0.15, -0.1) is 0 Å². The largest absolute Gasteiger partial charge is 0.494 e. The summed E-state index contributed by atoms with van der Waals surface area (Å²) in [5.41, 5.74) is 0. The lowest BCUT2D eigenvalue weighted by molar-refractivity contribution is 0.339. The Morgan fingerprint density at radius 1 is 1.47 bits per heavy atom. The minimum atomic E-state index is -3.46. The Balaban J connectivity index is 2.03. The van der Waals surface area contributed by atoms with Crippen LogP contribution in [0.5, 0.6) is 5.75 Å². The zero-order valence-electron chi connectivity index (χ0n) is 11.1. The fraction of sp³-hybridized carbons (Fsp3) is 0.538. The summed E-state index contributed by atoms with van der Waals surface area (Å²) in [6.07, 6.45) is 2.12. The van der Waals surface area contributed by atoms with E-state index in [1.165, 1.54) is 0 Å². The second-order valence-corrected chi connectivity index (χ2v) is 6.32. The molecule has 0 bridgehead atoms. The Bertz CT molecular complexity index is 510. The van der Waals surface area contributed by atoms with Crippen LogP contribution in [0.15, 0.2) is 29.2 Å². The van der Waals surface area contributed by atoms with Crippen molar-refractivity contribution in [2.24, 2.45) is 0 Å². The second kappa shape index (κ2) is 6.36. The first-order valence-corrected chi connectivity index (χ1v) is 8.06. The van der Waals surface area contributed by atoms with Gasteiger partial charge in [-0.3, -0.25) is 0 Å². The van der Waals surface area contributed by atoms with Gasteiger partial charge in [-0.2, -0.15) is 0 Å². The molecule has 19 heavy (non-hydrogen) atoms. The van der Waals surface area contributed by atoms with Crippen LogP contribution in [0.2, 0.25) is 0 Å². The fourth-order valence-corrected chi connectivity index (χ4v) is 3.24. The highest BCUT2D eigenvalue weighted by atomic mass is 32.2. The van der Waals surface area contributed by atoms with Crippen LogP contribution in [-0.4, -0.2) is 34.2 Å².